The quantitative estimate of drug-likeness (QED) is 0.746. The topological polar surface area (TPSA) is 61.9 Å². The normalized spacial score (nSPS) is 13.9. The van der Waals surface area contributed by atoms with Crippen molar-refractivity contribution < 1.29 is 14.3 Å². The standard InChI is InChI=1S/C22H27N3O3/c1-28-20-10-6-5-9-19(20)24-13-15-25(16-14-24)22(27)17-21(26)23-12-11-18-7-3-2-4-8-18/h2-10H,11-17H2,1H3,(H,23,26). The van der Waals surface area contributed by atoms with Gasteiger partial charge in [-0.05, 0) is 24.1 Å². The lowest BCUT2D eigenvalue weighted by Crippen LogP contribution is -2.49. The van der Waals surface area contributed by atoms with E-state index in [0.717, 1.165) is 30.9 Å². The summed E-state index contributed by atoms with van der Waals surface area (Å²) in [6.07, 6.45) is 0.668. The van der Waals surface area contributed by atoms with E-state index in [1.54, 1.807) is 12.0 Å². The molecule has 0 radical (unpaired) electrons. The first-order valence-electron chi connectivity index (χ1n) is 9.63. The lowest BCUT2D eigenvalue weighted by Gasteiger charge is -2.36. The Morgan fingerprint density at radius 2 is 1.64 bits per heavy atom. The van der Waals surface area contributed by atoms with Gasteiger partial charge in [0.25, 0.3) is 0 Å². The predicted octanol–water partition coefficient (Wildman–Crippen LogP) is 2.09. The summed E-state index contributed by atoms with van der Waals surface area (Å²) >= 11 is 0. The van der Waals surface area contributed by atoms with Crippen LogP contribution in [0.2, 0.25) is 0 Å². The monoisotopic (exact) mass is 381 g/mol. The highest BCUT2D eigenvalue weighted by Crippen LogP contribution is 2.28. The first kappa shape index (κ1) is 19.7. The van der Waals surface area contributed by atoms with Crippen LogP contribution in [0.5, 0.6) is 5.75 Å². The Balaban J connectivity index is 1.41. The number of methoxy groups -OCH3 is 1. The molecule has 148 valence electrons. The van der Waals surface area contributed by atoms with Crippen molar-refractivity contribution >= 4 is 17.5 Å². The number of ether oxygens (including phenoxy) is 1. The molecule has 0 aromatic heterocycles. The highest BCUT2D eigenvalue weighted by Gasteiger charge is 2.24. The molecule has 1 fully saturated rings. The first-order valence-corrected chi connectivity index (χ1v) is 9.63. The molecule has 1 heterocycles. The fourth-order valence-corrected chi connectivity index (χ4v) is 3.39. The maximum Gasteiger partial charge on any atom is 0.232 e. The van der Waals surface area contributed by atoms with Crippen molar-refractivity contribution in [3.05, 3.63) is 60.2 Å². The van der Waals surface area contributed by atoms with Crippen LogP contribution in [-0.2, 0) is 16.0 Å². The summed E-state index contributed by atoms with van der Waals surface area (Å²) in [5.41, 5.74) is 2.21. The van der Waals surface area contributed by atoms with Crippen LogP contribution in [0.15, 0.2) is 54.6 Å². The zero-order chi connectivity index (χ0) is 19.8. The Kier molecular flexibility index (Phi) is 6.89. The van der Waals surface area contributed by atoms with E-state index in [0.29, 0.717) is 19.6 Å². The van der Waals surface area contributed by atoms with Gasteiger partial charge in [-0.25, -0.2) is 0 Å². The maximum atomic E-state index is 12.4. The van der Waals surface area contributed by atoms with Gasteiger partial charge in [0.2, 0.25) is 11.8 Å². The van der Waals surface area contributed by atoms with Gasteiger partial charge in [-0.2, -0.15) is 0 Å². The molecule has 2 aromatic carbocycles. The van der Waals surface area contributed by atoms with Gasteiger partial charge in [0.1, 0.15) is 12.2 Å². The molecule has 2 aromatic rings. The molecule has 1 aliphatic rings. The van der Waals surface area contributed by atoms with Crippen molar-refractivity contribution in [1.82, 2.24) is 10.2 Å². The maximum absolute atomic E-state index is 12.4. The van der Waals surface area contributed by atoms with E-state index >= 15 is 0 Å². The Bertz CT molecular complexity index is 787. The minimum Gasteiger partial charge on any atom is -0.495 e. The van der Waals surface area contributed by atoms with Crippen LogP contribution >= 0.6 is 0 Å². The smallest absolute Gasteiger partial charge is 0.232 e. The van der Waals surface area contributed by atoms with Gasteiger partial charge in [-0.3, -0.25) is 9.59 Å². The van der Waals surface area contributed by atoms with E-state index in [9.17, 15) is 9.59 Å². The molecule has 2 amide bonds. The van der Waals surface area contributed by atoms with E-state index in [1.165, 1.54) is 5.56 Å². The van der Waals surface area contributed by atoms with E-state index in [4.69, 9.17) is 4.74 Å². The Labute approximate surface area is 166 Å². The summed E-state index contributed by atoms with van der Waals surface area (Å²) in [6, 6.07) is 17.9. The summed E-state index contributed by atoms with van der Waals surface area (Å²) in [5.74, 6) is 0.505. The Morgan fingerprint density at radius 1 is 0.964 bits per heavy atom. The summed E-state index contributed by atoms with van der Waals surface area (Å²) in [6.45, 7) is 3.20. The average Bonchev–Trinajstić information content (AvgIpc) is 2.74. The molecular formula is C22H27N3O3. The third kappa shape index (κ3) is 5.25. The van der Waals surface area contributed by atoms with Gasteiger partial charge in [0.05, 0.1) is 12.8 Å². The molecular weight excluding hydrogens is 354 g/mol. The van der Waals surface area contributed by atoms with Gasteiger partial charge < -0.3 is 19.9 Å². The molecule has 0 bridgehead atoms. The fourth-order valence-electron chi connectivity index (χ4n) is 3.39. The molecule has 1 aliphatic heterocycles. The third-order valence-electron chi connectivity index (χ3n) is 4.95. The van der Waals surface area contributed by atoms with Crippen LogP contribution in [0, 0.1) is 0 Å². The van der Waals surface area contributed by atoms with Crippen LogP contribution in [0.3, 0.4) is 0 Å². The molecule has 1 N–H and O–H groups in total. The highest BCUT2D eigenvalue weighted by molar-refractivity contribution is 5.97. The second-order valence-corrected chi connectivity index (χ2v) is 6.80. The number of benzene rings is 2. The van der Waals surface area contributed by atoms with Gasteiger partial charge in [-0.1, -0.05) is 42.5 Å². The number of hydrogen-bond acceptors (Lipinski definition) is 4. The number of anilines is 1. The fraction of sp³-hybridized carbons (Fsp3) is 0.364. The summed E-state index contributed by atoms with van der Waals surface area (Å²) in [7, 11) is 1.66. The minimum atomic E-state index is -0.215. The number of piperazine rings is 1. The second-order valence-electron chi connectivity index (χ2n) is 6.80. The van der Waals surface area contributed by atoms with Crippen molar-refractivity contribution in [3.63, 3.8) is 0 Å². The minimum absolute atomic E-state index is 0.0938. The largest absolute Gasteiger partial charge is 0.495 e. The number of nitrogens with one attached hydrogen (secondary N) is 1. The van der Waals surface area contributed by atoms with Crippen LogP contribution in [0.4, 0.5) is 5.69 Å². The first-order chi connectivity index (χ1) is 13.7. The average molecular weight is 381 g/mol. The third-order valence-corrected chi connectivity index (χ3v) is 4.95. The van der Waals surface area contributed by atoms with E-state index in [1.807, 2.05) is 54.6 Å². The lowest BCUT2D eigenvalue weighted by molar-refractivity contribution is -0.136. The molecule has 0 atom stereocenters. The van der Waals surface area contributed by atoms with E-state index < -0.39 is 0 Å². The molecule has 3 rings (SSSR count). The highest BCUT2D eigenvalue weighted by atomic mass is 16.5. The van der Waals surface area contributed by atoms with Crippen molar-refractivity contribution in [2.24, 2.45) is 0 Å². The molecule has 6 nitrogen and oxygen atoms in total. The molecule has 28 heavy (non-hydrogen) atoms. The summed E-state index contributed by atoms with van der Waals surface area (Å²) in [5, 5.41) is 2.84. The van der Waals surface area contributed by atoms with E-state index in [-0.39, 0.29) is 18.2 Å². The molecule has 0 saturated carbocycles. The van der Waals surface area contributed by atoms with Crippen molar-refractivity contribution in [2.45, 2.75) is 12.8 Å². The number of carbonyl (C=O) groups is 2. The van der Waals surface area contributed by atoms with Gasteiger partial charge >= 0.3 is 0 Å². The predicted molar refractivity (Wildman–Crippen MR) is 110 cm³/mol. The summed E-state index contributed by atoms with van der Waals surface area (Å²) < 4.78 is 5.42. The SMILES string of the molecule is COc1ccccc1N1CCN(C(=O)CC(=O)NCCc2ccccc2)CC1. The van der Waals surface area contributed by atoms with Crippen molar-refractivity contribution in [2.75, 3.05) is 44.7 Å². The number of amides is 2. The summed E-state index contributed by atoms with van der Waals surface area (Å²) in [4.78, 5) is 28.5. The number of para-hydroxylation sites is 2. The van der Waals surface area contributed by atoms with Gasteiger partial charge in [-0.15, -0.1) is 0 Å². The van der Waals surface area contributed by atoms with Gasteiger partial charge in [0, 0.05) is 32.7 Å². The zero-order valence-corrected chi connectivity index (χ0v) is 16.3. The van der Waals surface area contributed by atoms with E-state index in [2.05, 4.69) is 10.2 Å². The van der Waals surface area contributed by atoms with Crippen LogP contribution in [-0.4, -0.2) is 56.5 Å². The van der Waals surface area contributed by atoms with Crippen molar-refractivity contribution in [1.29, 1.82) is 0 Å². The molecule has 1 saturated heterocycles. The van der Waals surface area contributed by atoms with Crippen LogP contribution in [0.25, 0.3) is 0 Å². The number of hydrogen-bond donors (Lipinski definition) is 1. The molecule has 0 unspecified atom stereocenters. The number of rotatable bonds is 7. The van der Waals surface area contributed by atoms with Gasteiger partial charge in [0.15, 0.2) is 0 Å². The van der Waals surface area contributed by atoms with Crippen LogP contribution < -0.4 is 15.0 Å². The van der Waals surface area contributed by atoms with Crippen LogP contribution in [0.1, 0.15) is 12.0 Å². The van der Waals surface area contributed by atoms with Crippen molar-refractivity contribution in [3.8, 4) is 5.75 Å². The lowest BCUT2D eigenvalue weighted by atomic mass is 10.1. The zero-order valence-electron chi connectivity index (χ0n) is 16.3. The Morgan fingerprint density at radius 3 is 2.36 bits per heavy atom. The molecule has 6 heteroatoms. The molecule has 0 spiro atoms. The second kappa shape index (κ2) is 9.78. The number of nitrogens with zero attached hydrogens (tertiary/aromatic N) is 2. The Hall–Kier alpha value is -3.02. The molecule has 0 aliphatic carbocycles. The number of carbonyl (C=O) groups excluding carboxylic acids is 2.